The van der Waals surface area contributed by atoms with Gasteiger partial charge in [-0.15, -0.1) is 0 Å². The van der Waals surface area contributed by atoms with Gasteiger partial charge in [0.15, 0.2) is 0 Å². The number of amides is 1. The summed E-state index contributed by atoms with van der Waals surface area (Å²) in [4.78, 5) is 11.1. The van der Waals surface area contributed by atoms with Crippen LogP contribution < -0.4 is 10.6 Å². The van der Waals surface area contributed by atoms with Crippen molar-refractivity contribution in [2.45, 2.75) is 57.7 Å². The van der Waals surface area contributed by atoms with Crippen molar-refractivity contribution in [1.29, 1.82) is 0 Å². The van der Waals surface area contributed by atoms with Crippen molar-refractivity contribution in [3.8, 4) is 0 Å². The molecule has 2 rings (SSSR count). The number of rotatable bonds is 6. The molecule has 0 radical (unpaired) electrons. The number of hydrogen-bond donors (Lipinski definition) is 2. The molecule has 118 valence electrons. The van der Waals surface area contributed by atoms with Crippen LogP contribution in [0.5, 0.6) is 0 Å². The van der Waals surface area contributed by atoms with Crippen molar-refractivity contribution in [3.05, 3.63) is 23.7 Å². The highest BCUT2D eigenvalue weighted by Gasteiger charge is 2.25. The van der Waals surface area contributed by atoms with Gasteiger partial charge in [0.2, 0.25) is 5.91 Å². The summed E-state index contributed by atoms with van der Waals surface area (Å²) in [5, 5.41) is 6.63. The topological polar surface area (TPSA) is 63.5 Å². The Bertz CT molecular complexity index is 450. The summed E-state index contributed by atoms with van der Waals surface area (Å²) in [6.45, 7) is 4.13. The molecule has 5 nitrogen and oxygen atoms in total. The molecule has 1 fully saturated rings. The standard InChI is InChI=1S/C16H26N2O3/c1-11-4-9-16(21-11)15(10-20-3)18-14-7-5-13(6-8-14)17-12(2)19/h4,9,13-15,18H,5-8,10H2,1-3H3,(H,17,19)/t13?,14?,15-/m1/s1. The highest BCUT2D eigenvalue weighted by atomic mass is 16.5. The number of carbonyl (C=O) groups excluding carboxylic acids is 1. The lowest BCUT2D eigenvalue weighted by Crippen LogP contribution is -2.43. The van der Waals surface area contributed by atoms with Gasteiger partial charge in [0.1, 0.15) is 11.5 Å². The van der Waals surface area contributed by atoms with E-state index in [1.807, 2.05) is 19.1 Å². The maximum absolute atomic E-state index is 11.1. The predicted octanol–water partition coefficient (Wildman–Crippen LogP) is 2.31. The van der Waals surface area contributed by atoms with E-state index >= 15 is 0 Å². The van der Waals surface area contributed by atoms with Gasteiger partial charge in [-0.25, -0.2) is 0 Å². The van der Waals surface area contributed by atoms with Gasteiger partial charge in [-0.05, 0) is 44.7 Å². The zero-order valence-electron chi connectivity index (χ0n) is 13.1. The van der Waals surface area contributed by atoms with E-state index in [2.05, 4.69) is 10.6 Å². The third-order valence-electron chi connectivity index (χ3n) is 4.01. The molecule has 1 aliphatic carbocycles. The van der Waals surface area contributed by atoms with Crippen LogP contribution >= 0.6 is 0 Å². The Hall–Kier alpha value is -1.33. The second-order valence-corrected chi connectivity index (χ2v) is 5.87. The number of aryl methyl sites for hydroxylation is 1. The van der Waals surface area contributed by atoms with E-state index < -0.39 is 0 Å². The second kappa shape index (κ2) is 7.61. The number of carbonyl (C=O) groups is 1. The molecule has 1 amide bonds. The second-order valence-electron chi connectivity index (χ2n) is 5.87. The summed E-state index contributed by atoms with van der Waals surface area (Å²) in [5.74, 6) is 1.91. The van der Waals surface area contributed by atoms with Crippen LogP contribution in [0.2, 0.25) is 0 Å². The SMILES string of the molecule is COC[C@@H](NC1CCC(NC(C)=O)CC1)c1ccc(C)o1. The molecule has 0 aromatic carbocycles. The summed E-state index contributed by atoms with van der Waals surface area (Å²) in [6, 6.07) is 4.85. The molecule has 1 aromatic heterocycles. The molecule has 5 heteroatoms. The fraction of sp³-hybridized carbons (Fsp3) is 0.688. The normalized spacial score (nSPS) is 23.8. The summed E-state index contributed by atoms with van der Waals surface area (Å²) in [7, 11) is 1.71. The van der Waals surface area contributed by atoms with Gasteiger partial charge in [0, 0.05) is 26.1 Å². The molecule has 21 heavy (non-hydrogen) atoms. The van der Waals surface area contributed by atoms with Crippen LogP contribution in [0.15, 0.2) is 16.5 Å². The molecule has 0 bridgehead atoms. The summed E-state index contributed by atoms with van der Waals surface area (Å²) in [5.41, 5.74) is 0. The Morgan fingerprint density at radius 2 is 2.00 bits per heavy atom. The molecule has 0 unspecified atom stereocenters. The smallest absolute Gasteiger partial charge is 0.217 e. The molecule has 1 heterocycles. The molecule has 1 atom stereocenters. The zero-order valence-corrected chi connectivity index (χ0v) is 13.1. The summed E-state index contributed by atoms with van der Waals surface area (Å²) < 4.78 is 11.0. The lowest BCUT2D eigenvalue weighted by Gasteiger charge is -2.31. The van der Waals surface area contributed by atoms with E-state index in [1.54, 1.807) is 14.0 Å². The van der Waals surface area contributed by atoms with E-state index in [4.69, 9.17) is 9.15 Å². The van der Waals surface area contributed by atoms with Gasteiger partial charge in [0.05, 0.1) is 12.6 Å². The van der Waals surface area contributed by atoms with Crippen LogP contribution in [0, 0.1) is 6.92 Å². The highest BCUT2D eigenvalue weighted by molar-refractivity contribution is 5.73. The molecule has 0 saturated heterocycles. The fourth-order valence-electron chi connectivity index (χ4n) is 3.00. The van der Waals surface area contributed by atoms with Gasteiger partial charge in [0.25, 0.3) is 0 Å². The van der Waals surface area contributed by atoms with Crippen molar-refractivity contribution >= 4 is 5.91 Å². The number of furan rings is 1. The van der Waals surface area contributed by atoms with E-state index in [0.717, 1.165) is 37.2 Å². The first-order valence-corrected chi connectivity index (χ1v) is 7.67. The van der Waals surface area contributed by atoms with Crippen LogP contribution in [0.25, 0.3) is 0 Å². The molecular weight excluding hydrogens is 268 g/mol. The fourth-order valence-corrected chi connectivity index (χ4v) is 3.00. The third-order valence-corrected chi connectivity index (χ3v) is 4.01. The van der Waals surface area contributed by atoms with Gasteiger partial charge in [-0.2, -0.15) is 0 Å². The molecular formula is C16H26N2O3. The average molecular weight is 294 g/mol. The van der Waals surface area contributed by atoms with Crippen LogP contribution in [0.4, 0.5) is 0 Å². The Balaban J connectivity index is 1.86. The monoisotopic (exact) mass is 294 g/mol. The summed E-state index contributed by atoms with van der Waals surface area (Å²) in [6.07, 6.45) is 4.16. The third kappa shape index (κ3) is 4.86. The lowest BCUT2D eigenvalue weighted by atomic mass is 9.90. The van der Waals surface area contributed by atoms with E-state index in [-0.39, 0.29) is 11.9 Å². The van der Waals surface area contributed by atoms with Crippen LogP contribution in [0.1, 0.15) is 50.2 Å². The first-order valence-electron chi connectivity index (χ1n) is 7.67. The van der Waals surface area contributed by atoms with Crippen molar-refractivity contribution in [1.82, 2.24) is 10.6 Å². The maximum atomic E-state index is 11.1. The van der Waals surface area contributed by atoms with E-state index in [0.29, 0.717) is 18.7 Å². The number of methoxy groups -OCH3 is 1. The number of nitrogens with one attached hydrogen (secondary N) is 2. The van der Waals surface area contributed by atoms with Gasteiger partial charge >= 0.3 is 0 Å². The number of hydrogen-bond acceptors (Lipinski definition) is 4. The highest BCUT2D eigenvalue weighted by Crippen LogP contribution is 2.23. The number of ether oxygens (including phenoxy) is 1. The first kappa shape index (κ1) is 16.0. The Kier molecular flexibility index (Phi) is 5.82. The van der Waals surface area contributed by atoms with Crippen LogP contribution in [-0.4, -0.2) is 31.7 Å². The quantitative estimate of drug-likeness (QED) is 0.845. The molecule has 2 N–H and O–H groups in total. The largest absolute Gasteiger partial charge is 0.465 e. The minimum atomic E-state index is 0.0646. The van der Waals surface area contributed by atoms with Crippen LogP contribution in [0.3, 0.4) is 0 Å². The predicted molar refractivity (Wildman–Crippen MR) is 81.1 cm³/mol. The molecule has 0 aliphatic heterocycles. The molecule has 1 aliphatic rings. The van der Waals surface area contributed by atoms with Gasteiger partial charge in [-0.1, -0.05) is 0 Å². The minimum Gasteiger partial charge on any atom is -0.465 e. The maximum Gasteiger partial charge on any atom is 0.217 e. The summed E-state index contributed by atoms with van der Waals surface area (Å²) >= 11 is 0. The van der Waals surface area contributed by atoms with E-state index in [1.165, 1.54) is 0 Å². The zero-order chi connectivity index (χ0) is 15.2. The first-order chi connectivity index (χ1) is 10.1. The minimum absolute atomic E-state index is 0.0646. The van der Waals surface area contributed by atoms with Gasteiger partial charge in [-0.3, -0.25) is 4.79 Å². The lowest BCUT2D eigenvalue weighted by molar-refractivity contribution is -0.119. The van der Waals surface area contributed by atoms with E-state index in [9.17, 15) is 4.79 Å². The van der Waals surface area contributed by atoms with Gasteiger partial charge < -0.3 is 19.8 Å². The molecule has 1 aromatic rings. The Morgan fingerprint density at radius 1 is 1.33 bits per heavy atom. The van der Waals surface area contributed by atoms with Crippen molar-refractivity contribution in [2.75, 3.05) is 13.7 Å². The van der Waals surface area contributed by atoms with Crippen LogP contribution in [-0.2, 0) is 9.53 Å². The molecule has 1 saturated carbocycles. The Morgan fingerprint density at radius 3 is 2.52 bits per heavy atom. The molecule has 0 spiro atoms. The Labute approximate surface area is 126 Å². The van der Waals surface area contributed by atoms with Crippen molar-refractivity contribution in [2.24, 2.45) is 0 Å². The van der Waals surface area contributed by atoms with Crippen molar-refractivity contribution < 1.29 is 13.9 Å². The van der Waals surface area contributed by atoms with Crippen molar-refractivity contribution in [3.63, 3.8) is 0 Å². The average Bonchev–Trinajstić information content (AvgIpc) is 2.86.